The van der Waals surface area contributed by atoms with E-state index in [9.17, 15) is 9.59 Å². The summed E-state index contributed by atoms with van der Waals surface area (Å²) in [6.45, 7) is 3.76. The third kappa shape index (κ3) is 4.28. The molecule has 6 heteroatoms. The van der Waals surface area contributed by atoms with E-state index in [4.69, 9.17) is 4.74 Å². The van der Waals surface area contributed by atoms with E-state index in [0.29, 0.717) is 17.0 Å². The van der Waals surface area contributed by atoms with Gasteiger partial charge in [-0.2, -0.15) is 0 Å². The first-order valence-corrected chi connectivity index (χ1v) is 9.09. The Bertz CT molecular complexity index is 1000. The SMILES string of the molecule is COc1ccccc1C(=O)NC(C(=O)Nc1cnc2ccccc2c1)C(C)C. The van der Waals surface area contributed by atoms with E-state index >= 15 is 0 Å². The molecule has 1 heterocycles. The van der Waals surface area contributed by atoms with Gasteiger partial charge in [0.2, 0.25) is 5.91 Å². The molecule has 2 N–H and O–H groups in total. The van der Waals surface area contributed by atoms with Crippen LogP contribution in [0.2, 0.25) is 0 Å². The molecule has 0 aliphatic carbocycles. The summed E-state index contributed by atoms with van der Waals surface area (Å²) in [5.74, 6) is -0.299. The number of carbonyl (C=O) groups excluding carboxylic acids is 2. The van der Waals surface area contributed by atoms with Crippen molar-refractivity contribution in [1.29, 1.82) is 0 Å². The molecular formula is C22H23N3O3. The zero-order valence-electron chi connectivity index (χ0n) is 16.1. The molecule has 2 aromatic carbocycles. The molecule has 144 valence electrons. The van der Waals surface area contributed by atoms with Gasteiger partial charge < -0.3 is 15.4 Å². The second-order valence-electron chi connectivity index (χ2n) is 6.80. The molecule has 0 radical (unpaired) electrons. The van der Waals surface area contributed by atoms with Crippen LogP contribution in [0.4, 0.5) is 5.69 Å². The highest BCUT2D eigenvalue weighted by molar-refractivity contribution is 6.03. The van der Waals surface area contributed by atoms with E-state index in [0.717, 1.165) is 10.9 Å². The fourth-order valence-corrected chi connectivity index (χ4v) is 2.95. The molecule has 6 nitrogen and oxygen atoms in total. The van der Waals surface area contributed by atoms with Gasteiger partial charge in [-0.05, 0) is 30.2 Å². The Kier molecular flexibility index (Phi) is 5.89. The van der Waals surface area contributed by atoms with E-state index in [-0.39, 0.29) is 17.7 Å². The minimum absolute atomic E-state index is 0.105. The lowest BCUT2D eigenvalue weighted by molar-refractivity contribution is -0.118. The predicted molar refractivity (Wildman–Crippen MR) is 109 cm³/mol. The Morgan fingerprint density at radius 2 is 1.75 bits per heavy atom. The first kappa shape index (κ1) is 19.4. The van der Waals surface area contributed by atoms with Gasteiger partial charge in [0.25, 0.3) is 5.91 Å². The highest BCUT2D eigenvalue weighted by atomic mass is 16.5. The average molecular weight is 377 g/mol. The molecule has 0 spiro atoms. The summed E-state index contributed by atoms with van der Waals surface area (Å²) in [5, 5.41) is 6.60. The summed E-state index contributed by atoms with van der Waals surface area (Å²) in [7, 11) is 1.51. The van der Waals surface area contributed by atoms with Crippen molar-refractivity contribution in [3.05, 3.63) is 66.4 Å². The standard InChI is InChI=1S/C22H23N3O3/c1-14(2)20(25-21(26)17-9-5-7-11-19(17)28-3)22(27)24-16-12-15-8-4-6-10-18(15)23-13-16/h4-14,20H,1-3H3,(H,24,27)(H,25,26). The third-order valence-corrected chi connectivity index (χ3v) is 4.45. The van der Waals surface area contributed by atoms with Crippen molar-refractivity contribution >= 4 is 28.4 Å². The van der Waals surface area contributed by atoms with Crippen molar-refractivity contribution in [2.75, 3.05) is 12.4 Å². The van der Waals surface area contributed by atoms with Gasteiger partial charge in [0.05, 0.1) is 30.1 Å². The fourth-order valence-electron chi connectivity index (χ4n) is 2.95. The third-order valence-electron chi connectivity index (χ3n) is 4.45. The Labute approximate surface area is 163 Å². The van der Waals surface area contributed by atoms with Crippen LogP contribution in [-0.2, 0) is 4.79 Å². The van der Waals surface area contributed by atoms with Crippen LogP contribution >= 0.6 is 0 Å². The second-order valence-corrected chi connectivity index (χ2v) is 6.80. The van der Waals surface area contributed by atoms with Crippen molar-refractivity contribution < 1.29 is 14.3 Å². The lowest BCUT2D eigenvalue weighted by Crippen LogP contribution is -2.47. The van der Waals surface area contributed by atoms with Gasteiger partial charge in [0, 0.05) is 5.39 Å². The molecule has 0 aliphatic rings. The van der Waals surface area contributed by atoms with Crippen molar-refractivity contribution in [3.63, 3.8) is 0 Å². The van der Waals surface area contributed by atoms with Crippen LogP contribution in [0.3, 0.4) is 0 Å². The fraction of sp³-hybridized carbons (Fsp3) is 0.227. The van der Waals surface area contributed by atoms with Gasteiger partial charge in [-0.1, -0.05) is 44.2 Å². The van der Waals surface area contributed by atoms with Gasteiger partial charge in [-0.3, -0.25) is 14.6 Å². The number of carbonyl (C=O) groups is 2. The number of hydrogen-bond acceptors (Lipinski definition) is 4. The summed E-state index contributed by atoms with van der Waals surface area (Å²) < 4.78 is 5.24. The summed E-state index contributed by atoms with van der Waals surface area (Å²) in [5.41, 5.74) is 1.82. The highest BCUT2D eigenvalue weighted by Crippen LogP contribution is 2.19. The Hall–Kier alpha value is -3.41. The number of benzene rings is 2. The zero-order chi connectivity index (χ0) is 20.1. The number of para-hydroxylation sites is 2. The molecule has 2 amide bonds. The number of methoxy groups -OCH3 is 1. The molecular weight excluding hydrogens is 354 g/mol. The van der Waals surface area contributed by atoms with E-state index in [1.165, 1.54) is 7.11 Å². The maximum absolute atomic E-state index is 12.8. The largest absolute Gasteiger partial charge is 0.496 e. The van der Waals surface area contributed by atoms with Gasteiger partial charge in [-0.15, -0.1) is 0 Å². The minimum Gasteiger partial charge on any atom is -0.496 e. The molecule has 28 heavy (non-hydrogen) atoms. The number of rotatable bonds is 6. The lowest BCUT2D eigenvalue weighted by Gasteiger charge is -2.22. The monoisotopic (exact) mass is 377 g/mol. The number of pyridine rings is 1. The van der Waals surface area contributed by atoms with Crippen LogP contribution in [0.1, 0.15) is 24.2 Å². The average Bonchev–Trinajstić information content (AvgIpc) is 2.71. The van der Waals surface area contributed by atoms with Crippen molar-refractivity contribution in [2.24, 2.45) is 5.92 Å². The van der Waals surface area contributed by atoms with Crippen molar-refractivity contribution in [1.82, 2.24) is 10.3 Å². The van der Waals surface area contributed by atoms with Gasteiger partial charge in [0.15, 0.2) is 0 Å². The number of ether oxygens (including phenoxy) is 1. The molecule has 3 aromatic rings. The lowest BCUT2D eigenvalue weighted by atomic mass is 10.0. The smallest absolute Gasteiger partial charge is 0.255 e. The number of nitrogens with zero attached hydrogens (tertiary/aromatic N) is 1. The van der Waals surface area contributed by atoms with Gasteiger partial charge in [0.1, 0.15) is 11.8 Å². The summed E-state index contributed by atoms with van der Waals surface area (Å²) >= 11 is 0. The predicted octanol–water partition coefficient (Wildman–Crippen LogP) is 3.64. The first-order valence-electron chi connectivity index (χ1n) is 9.09. The molecule has 0 fully saturated rings. The summed E-state index contributed by atoms with van der Waals surface area (Å²) in [4.78, 5) is 29.9. The molecule has 1 atom stereocenters. The van der Waals surface area contributed by atoms with Crippen LogP contribution in [0.5, 0.6) is 5.75 Å². The molecule has 0 saturated heterocycles. The molecule has 1 aromatic heterocycles. The quantitative estimate of drug-likeness (QED) is 0.687. The Balaban J connectivity index is 1.77. The number of anilines is 1. The highest BCUT2D eigenvalue weighted by Gasteiger charge is 2.26. The van der Waals surface area contributed by atoms with Crippen LogP contribution in [-0.4, -0.2) is 29.9 Å². The normalized spacial score (nSPS) is 11.9. The number of amides is 2. The molecule has 0 saturated carbocycles. The van der Waals surface area contributed by atoms with Crippen molar-refractivity contribution in [2.45, 2.75) is 19.9 Å². The summed E-state index contributed by atoms with van der Waals surface area (Å²) in [6.07, 6.45) is 1.61. The second kappa shape index (κ2) is 8.52. The maximum Gasteiger partial charge on any atom is 0.255 e. The number of aromatic nitrogens is 1. The molecule has 0 bridgehead atoms. The van der Waals surface area contributed by atoms with Crippen molar-refractivity contribution in [3.8, 4) is 5.75 Å². The number of nitrogens with one attached hydrogen (secondary N) is 2. The van der Waals surface area contributed by atoms with Crippen LogP contribution in [0.25, 0.3) is 10.9 Å². The molecule has 3 rings (SSSR count). The Morgan fingerprint density at radius 3 is 2.50 bits per heavy atom. The van der Waals surface area contributed by atoms with Crippen LogP contribution < -0.4 is 15.4 Å². The van der Waals surface area contributed by atoms with Crippen LogP contribution in [0, 0.1) is 5.92 Å². The number of hydrogen-bond donors (Lipinski definition) is 2. The van der Waals surface area contributed by atoms with Gasteiger partial charge in [-0.25, -0.2) is 0 Å². The van der Waals surface area contributed by atoms with Gasteiger partial charge >= 0.3 is 0 Å². The van der Waals surface area contributed by atoms with E-state index in [2.05, 4.69) is 15.6 Å². The maximum atomic E-state index is 12.8. The molecule has 0 aliphatic heterocycles. The zero-order valence-corrected chi connectivity index (χ0v) is 16.1. The Morgan fingerprint density at radius 1 is 1.04 bits per heavy atom. The summed E-state index contributed by atoms with van der Waals surface area (Å²) in [6, 6.07) is 15.7. The molecule has 1 unspecified atom stereocenters. The van der Waals surface area contributed by atoms with E-state index in [1.807, 2.05) is 44.2 Å². The topological polar surface area (TPSA) is 80.3 Å². The van der Waals surface area contributed by atoms with E-state index in [1.54, 1.807) is 30.5 Å². The van der Waals surface area contributed by atoms with Crippen LogP contribution in [0.15, 0.2) is 60.8 Å². The first-order chi connectivity index (χ1) is 13.5. The number of fused-ring (bicyclic) bond motifs is 1. The van der Waals surface area contributed by atoms with E-state index < -0.39 is 6.04 Å². The minimum atomic E-state index is -0.705.